The van der Waals surface area contributed by atoms with E-state index in [-0.39, 0.29) is 5.91 Å². The minimum absolute atomic E-state index is 0.00838. The van der Waals surface area contributed by atoms with E-state index in [1.807, 2.05) is 18.4 Å². The lowest BCUT2D eigenvalue weighted by Crippen LogP contribution is -2.21. The molecule has 0 saturated carbocycles. The van der Waals surface area contributed by atoms with Crippen LogP contribution in [0.15, 0.2) is 17.5 Å². The Balaban J connectivity index is 0.000000360. The normalized spacial score (nSPS) is 9.72. The lowest BCUT2D eigenvalue weighted by Gasteiger charge is -1.93. The topological polar surface area (TPSA) is 66.4 Å². The summed E-state index contributed by atoms with van der Waals surface area (Å²) >= 11 is 5.49. The van der Waals surface area contributed by atoms with Crippen molar-refractivity contribution in [3.05, 3.63) is 28.0 Å². The van der Waals surface area contributed by atoms with Crippen molar-refractivity contribution in [2.45, 2.75) is 13.8 Å². The second-order valence-corrected chi connectivity index (χ2v) is 4.88. The summed E-state index contributed by atoms with van der Waals surface area (Å²) in [7, 11) is 0. The first-order chi connectivity index (χ1) is 8.47. The van der Waals surface area contributed by atoms with Crippen LogP contribution in [0.5, 0.6) is 0 Å². The predicted molar refractivity (Wildman–Crippen MR) is 78.3 cm³/mol. The summed E-state index contributed by atoms with van der Waals surface area (Å²) in [6.45, 7) is 4.12. The fourth-order valence-corrected chi connectivity index (χ4v) is 1.76. The van der Waals surface area contributed by atoms with Gasteiger partial charge in [0.2, 0.25) is 5.91 Å². The molecule has 0 spiro atoms. The van der Waals surface area contributed by atoms with Crippen molar-refractivity contribution in [1.82, 2.24) is 5.32 Å². The molecule has 18 heavy (non-hydrogen) atoms. The van der Waals surface area contributed by atoms with Gasteiger partial charge in [0.15, 0.2) is 0 Å². The fourth-order valence-electron chi connectivity index (χ4n) is 0.961. The van der Waals surface area contributed by atoms with E-state index in [4.69, 9.17) is 5.11 Å². The van der Waals surface area contributed by atoms with Crippen LogP contribution >= 0.6 is 24.0 Å². The van der Waals surface area contributed by atoms with Crippen LogP contribution < -0.4 is 5.32 Å². The van der Waals surface area contributed by atoms with Gasteiger partial charge in [0, 0.05) is 30.2 Å². The zero-order valence-corrected chi connectivity index (χ0v) is 12.1. The van der Waals surface area contributed by atoms with Gasteiger partial charge in [0.05, 0.1) is 0 Å². The molecule has 0 aliphatic carbocycles. The molecule has 1 amide bonds. The molecule has 2 N–H and O–H groups in total. The fraction of sp³-hybridized carbons (Fsp3) is 0.333. The maximum atomic E-state index is 10.1. The summed E-state index contributed by atoms with van der Waals surface area (Å²) in [4.78, 5) is 21.3. The van der Waals surface area contributed by atoms with E-state index < -0.39 is 5.97 Å². The molecule has 0 bridgehead atoms. The van der Waals surface area contributed by atoms with Gasteiger partial charge in [0.25, 0.3) is 0 Å². The molecule has 0 unspecified atom stereocenters. The smallest absolute Gasteiger partial charge is 0.328 e. The molecule has 1 aromatic heterocycles. The Hall–Kier alpha value is -1.27. The van der Waals surface area contributed by atoms with Gasteiger partial charge < -0.3 is 10.4 Å². The first kappa shape index (κ1) is 16.7. The van der Waals surface area contributed by atoms with E-state index in [9.17, 15) is 9.59 Å². The van der Waals surface area contributed by atoms with Gasteiger partial charge in [-0.2, -0.15) is 12.6 Å². The number of thiophene rings is 1. The van der Waals surface area contributed by atoms with Gasteiger partial charge in [0.1, 0.15) is 0 Å². The predicted octanol–water partition coefficient (Wildman–Crippen LogP) is 2.21. The van der Waals surface area contributed by atoms with Crippen molar-refractivity contribution in [3.63, 3.8) is 0 Å². The van der Waals surface area contributed by atoms with Crippen LogP contribution in [0.3, 0.4) is 0 Å². The van der Waals surface area contributed by atoms with Crippen molar-refractivity contribution >= 4 is 41.9 Å². The van der Waals surface area contributed by atoms with Crippen LogP contribution in [0, 0.1) is 6.92 Å². The van der Waals surface area contributed by atoms with E-state index in [0.717, 1.165) is 16.5 Å². The summed E-state index contributed by atoms with van der Waals surface area (Å²) in [5.74, 6) is -0.191. The average molecular weight is 287 g/mol. The molecule has 0 aliphatic rings. The highest BCUT2D eigenvalue weighted by Crippen LogP contribution is 2.15. The SMILES string of the molecule is CC(=O)NCCS.Cc1sccc1C=CC(=O)O. The third-order valence-corrected chi connectivity index (χ3v) is 2.88. The van der Waals surface area contributed by atoms with Crippen LogP contribution in [0.2, 0.25) is 0 Å². The Morgan fingerprint density at radius 1 is 1.56 bits per heavy atom. The Bertz CT molecular complexity index is 413. The van der Waals surface area contributed by atoms with Gasteiger partial charge in [-0.15, -0.1) is 11.3 Å². The van der Waals surface area contributed by atoms with Gasteiger partial charge in [-0.05, 0) is 30.0 Å². The van der Waals surface area contributed by atoms with Crippen LogP contribution in [-0.4, -0.2) is 29.3 Å². The van der Waals surface area contributed by atoms with Crippen molar-refractivity contribution in [3.8, 4) is 0 Å². The number of aliphatic carboxylic acids is 1. The molecule has 0 aromatic carbocycles. The number of carboxylic acids is 1. The number of carbonyl (C=O) groups excluding carboxylic acids is 1. The molecule has 1 rings (SSSR count). The monoisotopic (exact) mass is 287 g/mol. The summed E-state index contributed by atoms with van der Waals surface area (Å²) in [5.41, 5.74) is 0.984. The minimum Gasteiger partial charge on any atom is -0.478 e. The number of amides is 1. The van der Waals surface area contributed by atoms with Crippen LogP contribution in [0.4, 0.5) is 0 Å². The maximum Gasteiger partial charge on any atom is 0.328 e. The molecule has 0 radical (unpaired) electrons. The number of hydrogen-bond donors (Lipinski definition) is 3. The molecule has 4 nitrogen and oxygen atoms in total. The second kappa shape index (κ2) is 9.73. The molecular formula is C12H17NO3S2. The van der Waals surface area contributed by atoms with E-state index in [1.54, 1.807) is 17.4 Å². The zero-order chi connectivity index (χ0) is 14.0. The van der Waals surface area contributed by atoms with Crippen molar-refractivity contribution in [2.24, 2.45) is 0 Å². The van der Waals surface area contributed by atoms with Crippen LogP contribution in [-0.2, 0) is 9.59 Å². The molecule has 0 aliphatic heterocycles. The van der Waals surface area contributed by atoms with Gasteiger partial charge in [-0.25, -0.2) is 4.79 Å². The highest BCUT2D eigenvalue weighted by atomic mass is 32.1. The largest absolute Gasteiger partial charge is 0.478 e. The molecule has 0 atom stereocenters. The number of nitrogens with one attached hydrogen (secondary N) is 1. The third-order valence-electron chi connectivity index (χ3n) is 1.79. The standard InChI is InChI=1S/C8H8O2S.C4H9NOS/c1-6-7(4-5-11-6)2-3-8(9)10;1-4(6)5-2-3-7/h2-5H,1H3,(H,9,10);7H,2-3H2,1H3,(H,5,6). The van der Waals surface area contributed by atoms with Crippen molar-refractivity contribution in [1.29, 1.82) is 0 Å². The Labute approximate surface area is 116 Å². The number of thiol groups is 1. The van der Waals surface area contributed by atoms with Crippen molar-refractivity contribution in [2.75, 3.05) is 12.3 Å². The molecule has 100 valence electrons. The maximum absolute atomic E-state index is 10.1. The summed E-state index contributed by atoms with van der Waals surface area (Å²) in [6.07, 6.45) is 2.75. The first-order valence-electron chi connectivity index (χ1n) is 5.27. The Morgan fingerprint density at radius 3 is 2.56 bits per heavy atom. The molecule has 0 fully saturated rings. The number of rotatable bonds is 4. The number of hydrogen-bond acceptors (Lipinski definition) is 4. The highest BCUT2D eigenvalue weighted by molar-refractivity contribution is 7.80. The molecular weight excluding hydrogens is 270 g/mol. The number of carboxylic acid groups (broad SMARTS) is 1. The van der Waals surface area contributed by atoms with Crippen LogP contribution in [0.25, 0.3) is 6.08 Å². The van der Waals surface area contributed by atoms with E-state index in [1.165, 1.54) is 6.92 Å². The molecule has 0 saturated heterocycles. The van der Waals surface area contributed by atoms with Gasteiger partial charge in [-0.3, -0.25) is 4.79 Å². The summed E-state index contributed by atoms with van der Waals surface area (Å²) in [6, 6.07) is 1.90. The van der Waals surface area contributed by atoms with E-state index in [2.05, 4.69) is 17.9 Å². The van der Waals surface area contributed by atoms with E-state index in [0.29, 0.717) is 12.3 Å². The number of aryl methyl sites for hydroxylation is 1. The van der Waals surface area contributed by atoms with Crippen molar-refractivity contribution < 1.29 is 14.7 Å². The Morgan fingerprint density at radius 2 is 2.22 bits per heavy atom. The summed E-state index contributed by atoms with van der Waals surface area (Å²) in [5, 5.41) is 12.8. The molecule has 1 aromatic rings. The second-order valence-electron chi connectivity index (χ2n) is 3.31. The van der Waals surface area contributed by atoms with Crippen LogP contribution in [0.1, 0.15) is 17.4 Å². The Kier molecular flexibility index (Phi) is 9.04. The number of carbonyl (C=O) groups is 2. The minimum atomic E-state index is -0.907. The lowest BCUT2D eigenvalue weighted by molar-refractivity contribution is -0.131. The molecule has 1 heterocycles. The first-order valence-corrected chi connectivity index (χ1v) is 6.79. The van der Waals surface area contributed by atoms with Gasteiger partial charge in [-0.1, -0.05) is 0 Å². The zero-order valence-electron chi connectivity index (χ0n) is 10.3. The van der Waals surface area contributed by atoms with E-state index >= 15 is 0 Å². The quantitative estimate of drug-likeness (QED) is 0.587. The lowest BCUT2D eigenvalue weighted by atomic mass is 10.2. The van der Waals surface area contributed by atoms with Gasteiger partial charge >= 0.3 is 5.97 Å². The summed E-state index contributed by atoms with van der Waals surface area (Å²) < 4.78 is 0. The molecule has 6 heteroatoms. The average Bonchev–Trinajstić information content (AvgIpc) is 2.70. The highest BCUT2D eigenvalue weighted by Gasteiger charge is 1.94. The third kappa shape index (κ3) is 8.83.